The maximum atomic E-state index is 11.8. The number of piperazine rings is 1. The van der Waals surface area contributed by atoms with E-state index in [0.717, 1.165) is 50.1 Å². The van der Waals surface area contributed by atoms with E-state index in [9.17, 15) is 28.2 Å². The van der Waals surface area contributed by atoms with Crippen molar-refractivity contribution < 1.29 is 28.1 Å². The first kappa shape index (κ1) is 24.1. The van der Waals surface area contributed by atoms with Crippen molar-refractivity contribution in [1.29, 1.82) is 0 Å². The number of rotatable bonds is 3. The van der Waals surface area contributed by atoms with Gasteiger partial charge in [-0.3, -0.25) is 9.69 Å². The maximum Gasteiger partial charge on any atom is 0.431 e. The SMILES string of the molecule is O=c1cccc(C(F)(F)F)[nH]1.OC1CCOC(CN2CCN(c3cncnc3)CC2)C1O. The molecule has 0 amide bonds. The number of aliphatic hydroxyl groups excluding tert-OH is 2. The number of H-pyrrole nitrogens is 1. The van der Waals surface area contributed by atoms with E-state index in [2.05, 4.69) is 19.8 Å². The van der Waals surface area contributed by atoms with Gasteiger partial charge in [0, 0.05) is 45.4 Å². The molecule has 2 aliphatic rings. The minimum absolute atomic E-state index is 0.291. The molecule has 0 bridgehead atoms. The molecule has 3 unspecified atom stereocenters. The minimum atomic E-state index is -4.47. The third kappa shape index (κ3) is 6.73. The van der Waals surface area contributed by atoms with E-state index >= 15 is 0 Å². The zero-order chi connectivity index (χ0) is 23.1. The number of nitrogens with zero attached hydrogens (tertiary/aromatic N) is 4. The molecular formula is C20H26F3N5O4. The molecule has 3 atom stereocenters. The van der Waals surface area contributed by atoms with Crippen molar-refractivity contribution in [3.63, 3.8) is 0 Å². The van der Waals surface area contributed by atoms with Gasteiger partial charge in [-0.05, 0) is 12.5 Å². The Kier molecular flexibility index (Phi) is 8.18. The van der Waals surface area contributed by atoms with Gasteiger partial charge < -0.3 is 24.8 Å². The number of anilines is 1. The van der Waals surface area contributed by atoms with Crippen LogP contribution in [-0.2, 0) is 10.9 Å². The summed E-state index contributed by atoms with van der Waals surface area (Å²) >= 11 is 0. The Morgan fingerprint density at radius 3 is 2.41 bits per heavy atom. The predicted molar refractivity (Wildman–Crippen MR) is 109 cm³/mol. The highest BCUT2D eigenvalue weighted by Gasteiger charge is 2.33. The smallest absolute Gasteiger partial charge is 0.390 e. The molecule has 3 N–H and O–H groups in total. The summed E-state index contributed by atoms with van der Waals surface area (Å²) < 4.78 is 41.0. The molecule has 4 rings (SSSR count). The quantitative estimate of drug-likeness (QED) is 0.611. The topological polar surface area (TPSA) is 115 Å². The van der Waals surface area contributed by atoms with Gasteiger partial charge in [0.15, 0.2) is 0 Å². The molecule has 2 saturated heterocycles. The van der Waals surface area contributed by atoms with Crippen LogP contribution in [-0.4, -0.2) is 87.7 Å². The van der Waals surface area contributed by atoms with E-state index in [0.29, 0.717) is 19.6 Å². The van der Waals surface area contributed by atoms with E-state index in [1.165, 1.54) is 6.33 Å². The lowest BCUT2D eigenvalue weighted by Crippen LogP contribution is -2.54. The molecule has 0 aromatic carbocycles. The molecule has 0 saturated carbocycles. The summed E-state index contributed by atoms with van der Waals surface area (Å²) in [7, 11) is 0. The Morgan fingerprint density at radius 2 is 1.81 bits per heavy atom. The maximum absolute atomic E-state index is 11.8. The lowest BCUT2D eigenvalue weighted by molar-refractivity contribution is -0.141. The number of nitrogens with one attached hydrogen (secondary N) is 1. The van der Waals surface area contributed by atoms with E-state index in [1.807, 2.05) is 12.4 Å². The highest BCUT2D eigenvalue weighted by molar-refractivity contribution is 5.41. The summed E-state index contributed by atoms with van der Waals surface area (Å²) in [6.45, 7) is 4.79. The summed E-state index contributed by atoms with van der Waals surface area (Å²) in [6, 6.07) is 2.89. The molecule has 2 aromatic heterocycles. The number of aromatic amines is 1. The molecule has 2 aliphatic heterocycles. The van der Waals surface area contributed by atoms with Crippen LogP contribution in [0.4, 0.5) is 18.9 Å². The summed E-state index contributed by atoms with van der Waals surface area (Å²) in [4.78, 5) is 24.7. The fourth-order valence-corrected chi connectivity index (χ4v) is 3.53. The van der Waals surface area contributed by atoms with Gasteiger partial charge >= 0.3 is 6.18 Å². The van der Waals surface area contributed by atoms with Crippen molar-refractivity contribution in [2.45, 2.75) is 30.9 Å². The Balaban J connectivity index is 0.000000222. The summed E-state index contributed by atoms with van der Waals surface area (Å²) in [5.41, 5.74) is -0.730. The van der Waals surface area contributed by atoms with Crippen LogP contribution in [0.15, 0.2) is 41.7 Å². The Labute approximate surface area is 182 Å². The van der Waals surface area contributed by atoms with Crippen molar-refractivity contribution in [2.24, 2.45) is 0 Å². The second-order valence-electron chi connectivity index (χ2n) is 7.57. The van der Waals surface area contributed by atoms with Gasteiger partial charge in [-0.2, -0.15) is 13.2 Å². The van der Waals surface area contributed by atoms with E-state index < -0.39 is 29.6 Å². The molecule has 2 fully saturated rings. The number of ether oxygens (including phenoxy) is 1. The van der Waals surface area contributed by atoms with Crippen LogP contribution in [0.25, 0.3) is 0 Å². The van der Waals surface area contributed by atoms with Crippen LogP contribution < -0.4 is 10.5 Å². The molecule has 0 spiro atoms. The first-order valence-electron chi connectivity index (χ1n) is 10.2. The van der Waals surface area contributed by atoms with Crippen LogP contribution in [0.1, 0.15) is 12.1 Å². The lowest BCUT2D eigenvalue weighted by Gasteiger charge is -2.39. The van der Waals surface area contributed by atoms with E-state index in [1.54, 1.807) is 4.98 Å². The van der Waals surface area contributed by atoms with Crippen LogP contribution >= 0.6 is 0 Å². The number of alkyl halides is 3. The van der Waals surface area contributed by atoms with Gasteiger partial charge in [0.05, 0.1) is 30.3 Å². The molecule has 32 heavy (non-hydrogen) atoms. The fourth-order valence-electron chi connectivity index (χ4n) is 3.53. The second kappa shape index (κ2) is 10.9. The monoisotopic (exact) mass is 457 g/mol. The Hall–Kier alpha value is -2.54. The van der Waals surface area contributed by atoms with Gasteiger partial charge in [-0.1, -0.05) is 6.07 Å². The predicted octanol–water partition coefficient (Wildman–Crippen LogP) is 0.503. The highest BCUT2D eigenvalue weighted by Crippen LogP contribution is 2.26. The van der Waals surface area contributed by atoms with Crippen molar-refractivity contribution in [3.05, 3.63) is 53.0 Å². The summed E-state index contributed by atoms with van der Waals surface area (Å²) in [6.07, 6.45) is -0.501. The van der Waals surface area contributed by atoms with Gasteiger partial charge in [0.25, 0.3) is 0 Å². The number of hydrogen-bond donors (Lipinski definition) is 3. The van der Waals surface area contributed by atoms with E-state index in [4.69, 9.17) is 4.74 Å². The van der Waals surface area contributed by atoms with E-state index in [-0.39, 0.29) is 6.10 Å². The number of aromatic nitrogens is 3. The zero-order valence-electron chi connectivity index (χ0n) is 17.3. The van der Waals surface area contributed by atoms with Gasteiger partial charge in [-0.15, -0.1) is 0 Å². The molecule has 176 valence electrons. The van der Waals surface area contributed by atoms with Crippen LogP contribution in [0.3, 0.4) is 0 Å². The second-order valence-corrected chi connectivity index (χ2v) is 7.57. The molecule has 0 radical (unpaired) electrons. The molecule has 9 nitrogen and oxygen atoms in total. The molecule has 2 aromatic rings. The average Bonchev–Trinajstić information content (AvgIpc) is 2.78. The molecule has 0 aliphatic carbocycles. The number of aliphatic hydroxyl groups is 2. The standard InChI is InChI=1S/C14H22N4O3.C6H4F3NO/c19-12-1-6-21-13(14(12)20)9-17-2-4-18(5-3-17)11-7-15-10-16-8-11;7-6(8,9)4-2-1-3-5(11)10-4/h7-8,10,12-14,19-20H,1-6,9H2;1-3H,(H,10,11). The normalized spacial score (nSPS) is 24.5. The van der Waals surface area contributed by atoms with Crippen molar-refractivity contribution in [1.82, 2.24) is 19.9 Å². The fraction of sp³-hybridized carbons (Fsp3) is 0.550. The van der Waals surface area contributed by atoms with Crippen molar-refractivity contribution in [3.8, 4) is 0 Å². The third-order valence-corrected chi connectivity index (χ3v) is 5.32. The highest BCUT2D eigenvalue weighted by atomic mass is 19.4. The minimum Gasteiger partial charge on any atom is -0.390 e. The van der Waals surface area contributed by atoms with Crippen LogP contribution in [0.5, 0.6) is 0 Å². The Morgan fingerprint density at radius 1 is 1.12 bits per heavy atom. The summed E-state index contributed by atoms with van der Waals surface area (Å²) in [5, 5.41) is 19.7. The zero-order valence-corrected chi connectivity index (χ0v) is 17.3. The van der Waals surface area contributed by atoms with Crippen LogP contribution in [0, 0.1) is 0 Å². The molecular weight excluding hydrogens is 431 g/mol. The average molecular weight is 457 g/mol. The van der Waals surface area contributed by atoms with Crippen LogP contribution in [0.2, 0.25) is 0 Å². The number of pyridine rings is 1. The van der Waals surface area contributed by atoms with Crippen molar-refractivity contribution >= 4 is 5.69 Å². The van der Waals surface area contributed by atoms with Gasteiger partial charge in [0.2, 0.25) is 5.56 Å². The largest absolute Gasteiger partial charge is 0.431 e. The van der Waals surface area contributed by atoms with Gasteiger partial charge in [-0.25, -0.2) is 9.97 Å². The molecule has 12 heteroatoms. The summed E-state index contributed by atoms with van der Waals surface area (Å²) in [5.74, 6) is 0. The van der Waals surface area contributed by atoms with Gasteiger partial charge in [0.1, 0.15) is 18.1 Å². The third-order valence-electron chi connectivity index (χ3n) is 5.32. The first-order chi connectivity index (χ1) is 15.2. The number of halogens is 3. The van der Waals surface area contributed by atoms with Crippen molar-refractivity contribution in [2.75, 3.05) is 44.2 Å². The molecule has 4 heterocycles. The first-order valence-corrected chi connectivity index (χ1v) is 10.2. The lowest BCUT2D eigenvalue weighted by atomic mass is 10.0. The Bertz CT molecular complexity index is 891. The number of hydrogen-bond acceptors (Lipinski definition) is 8.